The first kappa shape index (κ1) is 11.1. The van der Waals surface area contributed by atoms with E-state index >= 15 is 0 Å². The number of alkyl halides is 1. The Morgan fingerprint density at radius 2 is 2.07 bits per heavy atom. The van der Waals surface area contributed by atoms with Crippen LogP contribution in [0.15, 0.2) is 18.2 Å². The van der Waals surface area contributed by atoms with Crippen molar-refractivity contribution in [1.82, 2.24) is 0 Å². The first-order chi connectivity index (χ1) is 6.67. The molecule has 0 aliphatic rings. The van der Waals surface area contributed by atoms with E-state index in [1.807, 2.05) is 6.07 Å². The lowest BCUT2D eigenvalue weighted by Gasteiger charge is -2.02. The quantitative estimate of drug-likeness (QED) is 0.475. The van der Waals surface area contributed by atoms with Crippen molar-refractivity contribution in [3.05, 3.63) is 39.4 Å². The van der Waals surface area contributed by atoms with Crippen LogP contribution >= 0.6 is 15.9 Å². The minimum absolute atomic E-state index is 0.106. The monoisotopic (exact) mass is 259 g/mol. The third-order valence-electron chi connectivity index (χ3n) is 1.71. The van der Waals surface area contributed by atoms with E-state index in [0.29, 0.717) is 11.9 Å². The van der Waals surface area contributed by atoms with Gasteiger partial charge in [0.05, 0.1) is 11.5 Å². The van der Waals surface area contributed by atoms with Gasteiger partial charge in [-0.3, -0.25) is 10.1 Å². The van der Waals surface area contributed by atoms with Gasteiger partial charge in [0, 0.05) is 24.6 Å². The lowest BCUT2D eigenvalue weighted by molar-refractivity contribution is -0.385. The first-order valence-corrected chi connectivity index (χ1v) is 5.11. The molecule has 0 bridgehead atoms. The lowest BCUT2D eigenvalue weighted by Crippen LogP contribution is -1.94. The lowest BCUT2D eigenvalue weighted by atomic mass is 10.1. The molecule has 76 valence electrons. The van der Waals surface area contributed by atoms with Gasteiger partial charge in [-0.1, -0.05) is 22.0 Å². The summed E-state index contributed by atoms with van der Waals surface area (Å²) < 4.78 is 4.92. The van der Waals surface area contributed by atoms with Gasteiger partial charge < -0.3 is 4.74 Å². The van der Waals surface area contributed by atoms with Gasteiger partial charge in [-0.15, -0.1) is 0 Å². The van der Waals surface area contributed by atoms with Gasteiger partial charge in [-0.25, -0.2) is 0 Å². The van der Waals surface area contributed by atoms with Crippen LogP contribution in [-0.4, -0.2) is 12.0 Å². The fraction of sp³-hybridized carbons (Fsp3) is 0.333. The maximum Gasteiger partial charge on any atom is 0.270 e. The average molecular weight is 260 g/mol. The van der Waals surface area contributed by atoms with Crippen molar-refractivity contribution in [2.45, 2.75) is 11.9 Å². The van der Waals surface area contributed by atoms with E-state index in [1.54, 1.807) is 13.2 Å². The maximum atomic E-state index is 10.6. The molecule has 14 heavy (non-hydrogen) atoms. The van der Waals surface area contributed by atoms with Gasteiger partial charge >= 0.3 is 0 Å². The van der Waals surface area contributed by atoms with Crippen molar-refractivity contribution < 1.29 is 9.66 Å². The highest BCUT2D eigenvalue weighted by Gasteiger charge is 2.08. The predicted octanol–water partition coefficient (Wildman–Crippen LogP) is 2.64. The molecular formula is C9H10BrNO3. The predicted molar refractivity (Wildman–Crippen MR) is 56.4 cm³/mol. The van der Waals surface area contributed by atoms with Crippen molar-refractivity contribution in [2.24, 2.45) is 0 Å². The Labute approximate surface area is 90.2 Å². The number of nitro groups is 1. The van der Waals surface area contributed by atoms with Crippen LogP contribution in [0.2, 0.25) is 0 Å². The summed E-state index contributed by atoms with van der Waals surface area (Å²) in [4.78, 5) is 10.2. The zero-order valence-corrected chi connectivity index (χ0v) is 9.28. The SMILES string of the molecule is COCc1cc(CBr)cc([N+](=O)[O-])c1. The minimum Gasteiger partial charge on any atom is -0.380 e. The van der Waals surface area contributed by atoms with Gasteiger partial charge in [0.15, 0.2) is 0 Å². The largest absolute Gasteiger partial charge is 0.380 e. The summed E-state index contributed by atoms with van der Waals surface area (Å²) in [6.07, 6.45) is 0. The molecule has 1 aromatic carbocycles. The average Bonchev–Trinajstić information content (AvgIpc) is 2.17. The van der Waals surface area contributed by atoms with Crippen LogP contribution in [0.3, 0.4) is 0 Å². The van der Waals surface area contributed by atoms with E-state index in [4.69, 9.17) is 4.74 Å². The molecule has 4 nitrogen and oxygen atoms in total. The Morgan fingerprint density at radius 3 is 2.57 bits per heavy atom. The Bertz CT molecular complexity index is 341. The van der Waals surface area contributed by atoms with Crippen LogP contribution in [0.5, 0.6) is 0 Å². The highest BCUT2D eigenvalue weighted by Crippen LogP contribution is 2.19. The Hall–Kier alpha value is -0.940. The molecule has 0 fully saturated rings. The number of non-ortho nitro benzene ring substituents is 1. The molecule has 0 aliphatic carbocycles. The zero-order valence-electron chi connectivity index (χ0n) is 7.70. The van der Waals surface area contributed by atoms with Gasteiger partial charge in [-0.05, 0) is 11.1 Å². The van der Waals surface area contributed by atoms with Crippen LogP contribution < -0.4 is 0 Å². The van der Waals surface area contributed by atoms with E-state index in [0.717, 1.165) is 11.1 Å². The van der Waals surface area contributed by atoms with Crippen molar-refractivity contribution >= 4 is 21.6 Å². The number of benzene rings is 1. The Morgan fingerprint density at radius 1 is 1.43 bits per heavy atom. The molecule has 0 saturated heterocycles. The number of rotatable bonds is 4. The second kappa shape index (κ2) is 5.07. The number of halogens is 1. The number of methoxy groups -OCH3 is 1. The first-order valence-electron chi connectivity index (χ1n) is 3.99. The molecule has 1 aromatic rings. The summed E-state index contributed by atoms with van der Waals surface area (Å²) in [5, 5.41) is 11.2. The molecule has 0 amide bonds. The normalized spacial score (nSPS) is 10.1. The molecule has 0 radical (unpaired) electrons. The van der Waals surface area contributed by atoms with Crippen LogP contribution in [-0.2, 0) is 16.7 Å². The van der Waals surface area contributed by atoms with Gasteiger partial charge in [0.2, 0.25) is 0 Å². The molecule has 0 heterocycles. The maximum absolute atomic E-state index is 10.6. The summed E-state index contributed by atoms with van der Waals surface area (Å²) in [5.41, 5.74) is 1.80. The topological polar surface area (TPSA) is 52.4 Å². The molecule has 0 aliphatic heterocycles. The summed E-state index contributed by atoms with van der Waals surface area (Å²) in [6.45, 7) is 0.391. The fourth-order valence-corrected chi connectivity index (χ4v) is 1.50. The Kier molecular flexibility index (Phi) is 4.03. The highest BCUT2D eigenvalue weighted by atomic mass is 79.9. The molecule has 0 saturated carbocycles. The van der Waals surface area contributed by atoms with Crippen molar-refractivity contribution in [3.63, 3.8) is 0 Å². The summed E-state index contributed by atoms with van der Waals surface area (Å²) >= 11 is 3.26. The summed E-state index contributed by atoms with van der Waals surface area (Å²) in [5.74, 6) is 0. The van der Waals surface area contributed by atoms with Crippen LogP contribution in [0.4, 0.5) is 5.69 Å². The molecule has 1 rings (SSSR count). The third kappa shape index (κ3) is 2.78. The van der Waals surface area contributed by atoms with Crippen LogP contribution in [0, 0.1) is 10.1 Å². The highest BCUT2D eigenvalue weighted by molar-refractivity contribution is 9.08. The van der Waals surface area contributed by atoms with E-state index in [1.165, 1.54) is 6.07 Å². The number of nitro benzene ring substituents is 1. The van der Waals surface area contributed by atoms with E-state index < -0.39 is 4.92 Å². The van der Waals surface area contributed by atoms with Crippen LogP contribution in [0.25, 0.3) is 0 Å². The smallest absolute Gasteiger partial charge is 0.270 e. The molecule has 0 atom stereocenters. The van der Waals surface area contributed by atoms with Crippen molar-refractivity contribution in [1.29, 1.82) is 0 Å². The summed E-state index contributed by atoms with van der Waals surface area (Å²) in [7, 11) is 1.56. The van der Waals surface area contributed by atoms with Gasteiger partial charge in [-0.2, -0.15) is 0 Å². The minimum atomic E-state index is -0.397. The summed E-state index contributed by atoms with van der Waals surface area (Å²) in [6, 6.07) is 4.95. The second-order valence-electron chi connectivity index (χ2n) is 2.83. The third-order valence-corrected chi connectivity index (χ3v) is 2.36. The molecule has 0 aromatic heterocycles. The number of nitrogens with zero attached hydrogens (tertiary/aromatic N) is 1. The fourth-order valence-electron chi connectivity index (χ4n) is 1.18. The second-order valence-corrected chi connectivity index (χ2v) is 3.39. The number of hydrogen-bond donors (Lipinski definition) is 0. The van der Waals surface area contributed by atoms with E-state index in [9.17, 15) is 10.1 Å². The standard InChI is InChI=1S/C9H10BrNO3/c1-14-6-8-2-7(5-10)3-9(4-8)11(12)13/h2-4H,5-6H2,1H3. The number of hydrogen-bond acceptors (Lipinski definition) is 3. The molecule has 0 unspecified atom stereocenters. The molecule has 5 heteroatoms. The Balaban J connectivity index is 3.06. The van der Waals surface area contributed by atoms with Gasteiger partial charge in [0.25, 0.3) is 5.69 Å². The van der Waals surface area contributed by atoms with Crippen molar-refractivity contribution in [3.8, 4) is 0 Å². The molecule has 0 N–H and O–H groups in total. The van der Waals surface area contributed by atoms with E-state index in [2.05, 4.69) is 15.9 Å². The molecule has 0 spiro atoms. The van der Waals surface area contributed by atoms with Gasteiger partial charge in [0.1, 0.15) is 0 Å². The zero-order chi connectivity index (χ0) is 10.6. The number of ether oxygens (including phenoxy) is 1. The van der Waals surface area contributed by atoms with E-state index in [-0.39, 0.29) is 5.69 Å². The van der Waals surface area contributed by atoms with Crippen LogP contribution in [0.1, 0.15) is 11.1 Å². The van der Waals surface area contributed by atoms with Crippen molar-refractivity contribution in [2.75, 3.05) is 7.11 Å². The molecular weight excluding hydrogens is 250 g/mol.